The van der Waals surface area contributed by atoms with Crippen LogP contribution in [0.3, 0.4) is 0 Å². The van der Waals surface area contributed by atoms with Crippen LogP contribution in [0.1, 0.15) is 25.3 Å². The molecule has 5 nitrogen and oxygen atoms in total. The molecule has 0 bridgehead atoms. The van der Waals surface area contributed by atoms with Crippen LogP contribution in [0.25, 0.3) is 0 Å². The number of hydrogen-bond donors (Lipinski definition) is 0. The monoisotopic (exact) mass is 355 g/mol. The molecule has 0 unspecified atom stereocenters. The Labute approximate surface area is 119 Å². The summed E-state index contributed by atoms with van der Waals surface area (Å²) in [5, 5.41) is 0.499. The van der Waals surface area contributed by atoms with E-state index in [1.165, 1.54) is 18.4 Å². The Bertz CT molecular complexity index is 536. The molecule has 0 radical (unpaired) electrons. The molecule has 0 fully saturated rings. The minimum atomic E-state index is -3.48. The van der Waals surface area contributed by atoms with Crippen molar-refractivity contribution in [2.24, 2.45) is 0 Å². The number of aromatic nitrogens is 1. The zero-order valence-corrected chi connectivity index (χ0v) is 13.5. The average Bonchev–Trinajstić information content (AvgIpc) is 2.73. The molecule has 0 N–H and O–H groups in total. The highest BCUT2D eigenvalue weighted by Gasteiger charge is 2.38. The molecule has 1 aromatic heterocycles. The fourth-order valence-corrected chi connectivity index (χ4v) is 4.21. The molecule has 102 valence electrons. The van der Waals surface area contributed by atoms with Crippen molar-refractivity contribution in [2.45, 2.75) is 25.0 Å². The molecule has 8 heteroatoms. The van der Waals surface area contributed by atoms with Crippen molar-refractivity contribution in [1.29, 1.82) is 0 Å². The molecule has 0 amide bonds. The first kappa shape index (κ1) is 15.6. The molecule has 0 aliphatic rings. The van der Waals surface area contributed by atoms with Gasteiger partial charge in [-0.05, 0) is 29.8 Å². The van der Waals surface area contributed by atoms with Crippen molar-refractivity contribution in [2.75, 3.05) is 12.9 Å². The number of hydrogen-bond acceptors (Lipinski definition) is 6. The second kappa shape index (κ2) is 5.66. The van der Waals surface area contributed by atoms with E-state index in [1.54, 1.807) is 20.0 Å². The topological polar surface area (TPSA) is 73.3 Å². The molecule has 0 saturated carbocycles. The van der Waals surface area contributed by atoms with Crippen LogP contribution in [0.5, 0.6) is 0 Å². The molecule has 0 aromatic carbocycles. The van der Waals surface area contributed by atoms with E-state index < -0.39 is 20.6 Å². The summed E-state index contributed by atoms with van der Waals surface area (Å²) < 4.78 is 28.6. The van der Waals surface area contributed by atoms with Gasteiger partial charge in [-0.1, -0.05) is 0 Å². The maximum absolute atomic E-state index is 12.2. The number of nitrogens with zero attached hydrogens (tertiary/aromatic N) is 1. The highest BCUT2D eigenvalue weighted by Crippen LogP contribution is 2.35. The van der Waals surface area contributed by atoms with E-state index in [-0.39, 0.29) is 12.2 Å². The van der Waals surface area contributed by atoms with Gasteiger partial charge in [0.15, 0.2) is 9.84 Å². The van der Waals surface area contributed by atoms with Gasteiger partial charge in [0.25, 0.3) is 0 Å². The first-order chi connectivity index (χ1) is 8.20. The van der Waals surface area contributed by atoms with Gasteiger partial charge in [0.1, 0.15) is 9.75 Å². The summed E-state index contributed by atoms with van der Waals surface area (Å²) in [7, 11) is -2.24. The molecule has 1 heterocycles. The van der Waals surface area contributed by atoms with E-state index >= 15 is 0 Å². The lowest BCUT2D eigenvalue weighted by Gasteiger charge is -2.21. The predicted octanol–water partition coefficient (Wildman–Crippen LogP) is 2.12. The lowest BCUT2D eigenvalue weighted by molar-refractivity contribution is -0.140. The van der Waals surface area contributed by atoms with Gasteiger partial charge in [0.2, 0.25) is 0 Å². The summed E-state index contributed by atoms with van der Waals surface area (Å²) in [6, 6.07) is 0. The van der Waals surface area contributed by atoms with E-state index in [0.717, 1.165) is 3.79 Å². The fourth-order valence-electron chi connectivity index (χ4n) is 1.24. The quantitative estimate of drug-likeness (QED) is 0.756. The van der Waals surface area contributed by atoms with E-state index in [2.05, 4.69) is 25.7 Å². The van der Waals surface area contributed by atoms with Crippen LogP contribution in [-0.4, -0.2) is 32.2 Å². The number of methoxy groups -OCH3 is 1. The van der Waals surface area contributed by atoms with Crippen molar-refractivity contribution in [3.05, 3.63) is 15.0 Å². The van der Waals surface area contributed by atoms with Gasteiger partial charge in [-0.15, -0.1) is 11.3 Å². The van der Waals surface area contributed by atoms with Crippen LogP contribution in [0, 0.1) is 0 Å². The van der Waals surface area contributed by atoms with Crippen LogP contribution >= 0.6 is 27.3 Å². The molecule has 0 atom stereocenters. The van der Waals surface area contributed by atoms with Gasteiger partial charge in [-0.3, -0.25) is 4.79 Å². The molecule has 18 heavy (non-hydrogen) atoms. The summed E-state index contributed by atoms with van der Waals surface area (Å²) in [4.78, 5) is 15.1. The van der Waals surface area contributed by atoms with Crippen molar-refractivity contribution < 1.29 is 17.9 Å². The normalized spacial score (nSPS) is 12.4. The number of carbonyl (C=O) groups excluding carboxylic acids is 1. The second-order valence-corrected chi connectivity index (χ2v) is 9.19. The number of thiazole rings is 1. The first-order valence-corrected chi connectivity index (χ1v) is 8.38. The Morgan fingerprint density at radius 3 is 2.61 bits per heavy atom. The molecule has 0 aliphatic carbocycles. The molecule has 0 spiro atoms. The summed E-state index contributed by atoms with van der Waals surface area (Å²) in [6.45, 7) is 3.18. The van der Waals surface area contributed by atoms with Crippen LogP contribution in [0.2, 0.25) is 0 Å². The minimum absolute atomic E-state index is 0.144. The molecule has 0 aliphatic heterocycles. The number of halogens is 1. The van der Waals surface area contributed by atoms with E-state index in [9.17, 15) is 13.2 Å². The van der Waals surface area contributed by atoms with Gasteiger partial charge in [0, 0.05) is 0 Å². The zero-order valence-electron chi connectivity index (χ0n) is 10.3. The summed E-state index contributed by atoms with van der Waals surface area (Å²) in [5.74, 6) is -0.779. The number of esters is 1. The highest BCUT2D eigenvalue weighted by atomic mass is 79.9. The van der Waals surface area contributed by atoms with Gasteiger partial charge >= 0.3 is 5.97 Å². The SMILES string of the molecule is COC(=O)CCS(=O)(=O)C(C)(C)c1ncc(Br)s1. The van der Waals surface area contributed by atoms with Crippen LogP contribution in [0.4, 0.5) is 0 Å². The highest BCUT2D eigenvalue weighted by molar-refractivity contribution is 9.11. The summed E-state index contributed by atoms with van der Waals surface area (Å²) in [6.07, 6.45) is 1.42. The van der Waals surface area contributed by atoms with Crippen LogP contribution in [-0.2, 0) is 24.1 Å². The smallest absolute Gasteiger partial charge is 0.306 e. The lowest BCUT2D eigenvalue weighted by Crippen LogP contribution is -2.32. The molecule has 1 rings (SSSR count). The largest absolute Gasteiger partial charge is 0.469 e. The number of rotatable bonds is 5. The average molecular weight is 356 g/mol. The molecule has 1 aromatic rings. The Hall–Kier alpha value is -0.470. The Balaban J connectivity index is 2.93. The van der Waals surface area contributed by atoms with Crippen LogP contribution < -0.4 is 0 Å². The third-order valence-electron chi connectivity index (χ3n) is 2.57. The number of ether oxygens (including phenoxy) is 1. The lowest BCUT2D eigenvalue weighted by atomic mass is 10.2. The zero-order chi connectivity index (χ0) is 14.0. The van der Waals surface area contributed by atoms with E-state index in [0.29, 0.717) is 5.01 Å². The van der Waals surface area contributed by atoms with E-state index in [4.69, 9.17) is 0 Å². The van der Waals surface area contributed by atoms with Crippen molar-refractivity contribution in [3.63, 3.8) is 0 Å². The minimum Gasteiger partial charge on any atom is -0.469 e. The maximum Gasteiger partial charge on any atom is 0.306 e. The van der Waals surface area contributed by atoms with Gasteiger partial charge in [-0.25, -0.2) is 13.4 Å². The summed E-state index contributed by atoms with van der Waals surface area (Å²) in [5.41, 5.74) is 0. The van der Waals surface area contributed by atoms with Gasteiger partial charge in [-0.2, -0.15) is 0 Å². The molecular weight excluding hydrogens is 342 g/mol. The Kier molecular flexibility index (Phi) is 4.90. The predicted molar refractivity (Wildman–Crippen MR) is 73.3 cm³/mol. The Morgan fingerprint density at radius 1 is 1.56 bits per heavy atom. The number of sulfone groups is 1. The van der Waals surface area contributed by atoms with Crippen molar-refractivity contribution in [1.82, 2.24) is 4.98 Å². The third kappa shape index (κ3) is 3.30. The second-order valence-electron chi connectivity index (χ2n) is 4.12. The summed E-state index contributed by atoms with van der Waals surface area (Å²) >= 11 is 4.52. The fraction of sp³-hybridized carbons (Fsp3) is 0.600. The third-order valence-corrected chi connectivity index (χ3v) is 6.99. The standard InChI is InChI=1S/C10H14BrNO4S2/c1-10(2,9-12-6-7(11)17-9)18(14,15)5-4-8(13)16-3/h6H,4-5H2,1-3H3. The van der Waals surface area contributed by atoms with Crippen molar-refractivity contribution >= 4 is 43.1 Å². The molecular formula is C10H14BrNO4S2. The van der Waals surface area contributed by atoms with Crippen molar-refractivity contribution in [3.8, 4) is 0 Å². The van der Waals surface area contributed by atoms with E-state index in [1.807, 2.05) is 0 Å². The molecule has 0 saturated heterocycles. The Morgan fingerprint density at radius 2 is 2.17 bits per heavy atom. The van der Waals surface area contributed by atoms with Crippen LogP contribution in [0.15, 0.2) is 9.98 Å². The van der Waals surface area contributed by atoms with Gasteiger partial charge in [0.05, 0.1) is 29.3 Å². The first-order valence-electron chi connectivity index (χ1n) is 5.11. The maximum atomic E-state index is 12.2. The number of carbonyl (C=O) groups is 1. The van der Waals surface area contributed by atoms with Gasteiger partial charge < -0.3 is 4.74 Å².